The van der Waals surface area contributed by atoms with Gasteiger partial charge in [-0.1, -0.05) is 6.92 Å². The molecule has 0 atom stereocenters. The van der Waals surface area contributed by atoms with Gasteiger partial charge in [-0.2, -0.15) is 15.0 Å². The van der Waals surface area contributed by atoms with Crippen LogP contribution in [0.4, 0.5) is 11.9 Å². The molecule has 2 aromatic heterocycles. The van der Waals surface area contributed by atoms with Gasteiger partial charge in [0.05, 0.1) is 13.2 Å². The summed E-state index contributed by atoms with van der Waals surface area (Å²) in [7, 11) is 0. The van der Waals surface area contributed by atoms with Crippen LogP contribution < -0.4 is 15.4 Å². The molecule has 0 saturated carbocycles. The van der Waals surface area contributed by atoms with Crippen LogP contribution in [0.1, 0.15) is 30.0 Å². The lowest BCUT2D eigenvalue weighted by molar-refractivity contribution is 0.292. The molecule has 0 bridgehead atoms. The minimum Gasteiger partial charge on any atom is -0.463 e. The first kappa shape index (κ1) is 15.5. The second kappa shape index (κ2) is 7.78. The fourth-order valence-electron chi connectivity index (χ4n) is 1.68. The Morgan fingerprint density at radius 1 is 1.10 bits per heavy atom. The van der Waals surface area contributed by atoms with Crippen molar-refractivity contribution in [2.45, 2.75) is 33.7 Å². The Kier molecular flexibility index (Phi) is 5.74. The Bertz CT molecular complexity index is 572. The smallest absolute Gasteiger partial charge is 0.323 e. The molecule has 2 N–H and O–H groups in total. The van der Waals surface area contributed by atoms with Crippen LogP contribution in [0.25, 0.3) is 0 Å². The van der Waals surface area contributed by atoms with Gasteiger partial charge >= 0.3 is 6.01 Å². The summed E-state index contributed by atoms with van der Waals surface area (Å²) >= 11 is 1.76. The maximum atomic E-state index is 5.50. The van der Waals surface area contributed by atoms with E-state index in [-0.39, 0.29) is 0 Å². The third-order valence-electron chi connectivity index (χ3n) is 2.60. The van der Waals surface area contributed by atoms with E-state index in [2.05, 4.69) is 44.6 Å². The van der Waals surface area contributed by atoms with Crippen LogP contribution >= 0.6 is 11.3 Å². The summed E-state index contributed by atoms with van der Waals surface area (Å²) in [6.07, 6.45) is 0.916. The summed E-state index contributed by atoms with van der Waals surface area (Å²) in [5.41, 5.74) is 0. The first-order valence-electron chi connectivity index (χ1n) is 7.13. The minimum atomic E-state index is 0.354. The lowest BCUT2D eigenvalue weighted by Crippen LogP contribution is -2.10. The van der Waals surface area contributed by atoms with Gasteiger partial charge in [-0.3, -0.25) is 0 Å². The Balaban J connectivity index is 2.07. The maximum absolute atomic E-state index is 5.50. The van der Waals surface area contributed by atoms with E-state index in [1.807, 2.05) is 13.8 Å². The van der Waals surface area contributed by atoms with Crippen molar-refractivity contribution in [1.82, 2.24) is 15.0 Å². The number of hydrogen-bond donors (Lipinski definition) is 2. The predicted molar refractivity (Wildman–Crippen MR) is 86.2 cm³/mol. The number of nitrogens with one attached hydrogen (secondary N) is 2. The van der Waals surface area contributed by atoms with Crippen LogP contribution in [0.5, 0.6) is 6.01 Å². The highest BCUT2D eigenvalue weighted by Crippen LogP contribution is 2.17. The van der Waals surface area contributed by atoms with E-state index in [1.165, 1.54) is 9.75 Å². The molecule has 6 nitrogen and oxygen atoms in total. The van der Waals surface area contributed by atoms with Gasteiger partial charge in [0.2, 0.25) is 11.9 Å². The number of thiophene rings is 1. The van der Waals surface area contributed by atoms with Gasteiger partial charge in [0.1, 0.15) is 0 Å². The lowest BCUT2D eigenvalue weighted by atomic mass is 10.4. The quantitative estimate of drug-likeness (QED) is 0.781. The Hall–Kier alpha value is -1.89. The standard InChI is InChI=1S/C14H21N5OS/c1-4-8-20-14-18-12(15-5-2)17-13(19-14)16-9-11-7-6-10(3)21-11/h6-7H,4-5,8-9H2,1-3H3,(H2,15,16,17,18,19). The highest BCUT2D eigenvalue weighted by Gasteiger charge is 2.07. The number of rotatable bonds is 8. The fourth-order valence-corrected chi connectivity index (χ4v) is 2.51. The molecule has 2 heterocycles. The number of anilines is 2. The SMILES string of the molecule is CCCOc1nc(NCC)nc(NCc2ccc(C)s2)n1. The average Bonchev–Trinajstić information content (AvgIpc) is 2.89. The summed E-state index contributed by atoms with van der Waals surface area (Å²) in [5, 5.41) is 6.31. The largest absolute Gasteiger partial charge is 0.463 e. The molecule has 0 aromatic carbocycles. The molecule has 2 rings (SSSR count). The zero-order chi connectivity index (χ0) is 15.1. The fraction of sp³-hybridized carbons (Fsp3) is 0.500. The summed E-state index contributed by atoms with van der Waals surface area (Å²) < 4.78 is 5.50. The Morgan fingerprint density at radius 3 is 2.48 bits per heavy atom. The van der Waals surface area contributed by atoms with Gasteiger partial charge in [-0.15, -0.1) is 11.3 Å². The highest BCUT2D eigenvalue weighted by atomic mass is 32.1. The van der Waals surface area contributed by atoms with E-state index in [4.69, 9.17) is 4.74 Å². The molecule has 0 unspecified atom stereocenters. The topological polar surface area (TPSA) is 72.0 Å². The van der Waals surface area contributed by atoms with Crippen LogP contribution in [0.3, 0.4) is 0 Å². The van der Waals surface area contributed by atoms with E-state index in [1.54, 1.807) is 11.3 Å². The molecule has 0 radical (unpaired) electrons. The van der Waals surface area contributed by atoms with E-state index >= 15 is 0 Å². The molecule has 0 aliphatic heterocycles. The van der Waals surface area contributed by atoms with E-state index in [0.29, 0.717) is 31.1 Å². The van der Waals surface area contributed by atoms with Crippen molar-refractivity contribution < 1.29 is 4.74 Å². The van der Waals surface area contributed by atoms with Crippen molar-refractivity contribution in [3.8, 4) is 6.01 Å². The van der Waals surface area contributed by atoms with Gasteiger partial charge < -0.3 is 15.4 Å². The molecule has 0 aliphatic carbocycles. The number of nitrogens with zero attached hydrogens (tertiary/aromatic N) is 3. The molecular weight excluding hydrogens is 286 g/mol. The van der Waals surface area contributed by atoms with Crippen LogP contribution in [-0.4, -0.2) is 28.1 Å². The third kappa shape index (κ3) is 4.86. The monoisotopic (exact) mass is 307 g/mol. The molecule has 0 saturated heterocycles. The lowest BCUT2D eigenvalue weighted by Gasteiger charge is -2.09. The van der Waals surface area contributed by atoms with Crippen molar-refractivity contribution in [2.75, 3.05) is 23.8 Å². The van der Waals surface area contributed by atoms with E-state index in [0.717, 1.165) is 13.0 Å². The van der Waals surface area contributed by atoms with Crippen LogP contribution in [0, 0.1) is 6.92 Å². The summed E-state index contributed by atoms with van der Waals surface area (Å²) in [6, 6.07) is 4.57. The first-order chi connectivity index (χ1) is 10.2. The van der Waals surface area contributed by atoms with Crippen molar-refractivity contribution in [1.29, 1.82) is 0 Å². The molecule has 0 amide bonds. The summed E-state index contributed by atoms with van der Waals surface area (Å²) in [5.74, 6) is 1.06. The molecule has 7 heteroatoms. The number of ether oxygens (including phenoxy) is 1. The van der Waals surface area contributed by atoms with Crippen LogP contribution in [0.2, 0.25) is 0 Å². The van der Waals surface area contributed by atoms with Gasteiger partial charge in [-0.25, -0.2) is 0 Å². The van der Waals surface area contributed by atoms with Crippen LogP contribution in [0.15, 0.2) is 12.1 Å². The molecule has 21 heavy (non-hydrogen) atoms. The maximum Gasteiger partial charge on any atom is 0.323 e. The van der Waals surface area contributed by atoms with Crippen LogP contribution in [-0.2, 0) is 6.54 Å². The van der Waals surface area contributed by atoms with Gasteiger partial charge in [0.15, 0.2) is 0 Å². The van der Waals surface area contributed by atoms with Crippen molar-refractivity contribution in [3.05, 3.63) is 21.9 Å². The molecular formula is C14H21N5OS. The zero-order valence-electron chi connectivity index (χ0n) is 12.6. The molecule has 0 aliphatic rings. The highest BCUT2D eigenvalue weighted by molar-refractivity contribution is 7.11. The average molecular weight is 307 g/mol. The van der Waals surface area contributed by atoms with Crippen molar-refractivity contribution in [3.63, 3.8) is 0 Å². The molecule has 2 aromatic rings. The minimum absolute atomic E-state index is 0.354. The number of aryl methyl sites for hydroxylation is 1. The third-order valence-corrected chi connectivity index (χ3v) is 3.60. The van der Waals surface area contributed by atoms with Crippen molar-refractivity contribution in [2.24, 2.45) is 0 Å². The van der Waals surface area contributed by atoms with Gasteiger partial charge in [-0.05, 0) is 32.4 Å². The molecule has 114 valence electrons. The van der Waals surface area contributed by atoms with E-state index < -0.39 is 0 Å². The van der Waals surface area contributed by atoms with Gasteiger partial charge in [0, 0.05) is 16.3 Å². The van der Waals surface area contributed by atoms with Crippen molar-refractivity contribution >= 4 is 23.2 Å². The number of aromatic nitrogens is 3. The van der Waals surface area contributed by atoms with Gasteiger partial charge in [0.25, 0.3) is 0 Å². The first-order valence-corrected chi connectivity index (χ1v) is 7.94. The molecule has 0 fully saturated rings. The summed E-state index contributed by atoms with van der Waals surface area (Å²) in [6.45, 7) is 8.18. The normalized spacial score (nSPS) is 10.4. The Labute approximate surface area is 129 Å². The van der Waals surface area contributed by atoms with E-state index in [9.17, 15) is 0 Å². The predicted octanol–water partition coefficient (Wildman–Crippen LogP) is 3.07. The second-order valence-electron chi connectivity index (χ2n) is 4.51. The number of hydrogen-bond acceptors (Lipinski definition) is 7. The molecule has 0 spiro atoms. The second-order valence-corrected chi connectivity index (χ2v) is 5.88. The Morgan fingerprint density at radius 2 is 1.86 bits per heavy atom. The zero-order valence-corrected chi connectivity index (χ0v) is 13.5. The summed E-state index contributed by atoms with van der Waals surface area (Å²) in [4.78, 5) is 15.4.